The summed E-state index contributed by atoms with van der Waals surface area (Å²) in [6.45, 7) is 3.63. The normalized spacial score (nSPS) is 20.3. The number of hydrogen-bond acceptors (Lipinski definition) is 10. The summed E-state index contributed by atoms with van der Waals surface area (Å²) >= 11 is 0. The molecule has 59 heavy (non-hydrogen) atoms. The summed E-state index contributed by atoms with van der Waals surface area (Å²) in [5, 5.41) is 20.5. The molecule has 0 radical (unpaired) electrons. The minimum absolute atomic E-state index is 0.0635. The minimum atomic E-state index is -1.17. The van der Waals surface area contributed by atoms with Crippen LogP contribution in [0.4, 0.5) is 0 Å². The molecule has 4 rings (SSSR count). The number of aliphatic imine (C=N–C) groups is 1. The third kappa shape index (κ3) is 12.6. The van der Waals surface area contributed by atoms with E-state index in [9.17, 15) is 43.5 Å². The highest BCUT2D eigenvalue weighted by Gasteiger charge is 2.41. The van der Waals surface area contributed by atoms with Gasteiger partial charge in [-0.15, -0.1) is 0 Å². The summed E-state index contributed by atoms with van der Waals surface area (Å²) in [7, 11) is 0. The Morgan fingerprint density at radius 2 is 1.34 bits per heavy atom. The Morgan fingerprint density at radius 3 is 1.92 bits per heavy atom. The van der Waals surface area contributed by atoms with Crippen LogP contribution in [0.1, 0.15) is 70.8 Å². The lowest BCUT2D eigenvalue weighted by Crippen LogP contribution is -2.58. The molecule has 0 spiro atoms. The molecule has 3 heterocycles. The fraction of sp³-hybridized carbons (Fsp3) is 0.615. The van der Waals surface area contributed by atoms with Gasteiger partial charge in [0.15, 0.2) is 5.96 Å². The van der Waals surface area contributed by atoms with Gasteiger partial charge in [-0.25, -0.2) is 4.79 Å². The number of nitrogens with zero attached hydrogens (tertiary/aromatic N) is 4. The quantitative estimate of drug-likeness (QED) is 0.0409. The number of amides is 7. The van der Waals surface area contributed by atoms with E-state index in [2.05, 4.69) is 26.3 Å². The second-order valence-corrected chi connectivity index (χ2v) is 15.4. The first kappa shape index (κ1) is 45.9. The van der Waals surface area contributed by atoms with E-state index in [1.165, 1.54) is 14.7 Å². The molecule has 20 nitrogen and oxygen atoms in total. The van der Waals surface area contributed by atoms with Crippen LogP contribution in [0, 0.1) is 5.92 Å². The summed E-state index contributed by atoms with van der Waals surface area (Å²) in [5.74, 6) is -5.62. The Morgan fingerprint density at radius 1 is 0.763 bits per heavy atom. The number of nitrogens with one attached hydrogen (secondary N) is 4. The van der Waals surface area contributed by atoms with Gasteiger partial charge in [0, 0.05) is 32.6 Å². The van der Waals surface area contributed by atoms with Crippen molar-refractivity contribution < 1.29 is 43.5 Å². The number of guanidine groups is 1. The van der Waals surface area contributed by atoms with Crippen molar-refractivity contribution in [3.8, 4) is 0 Å². The SMILES string of the molecule is CC(C)[C@H](NC(=O)[C@@H]1CCCN1C(=O)CN)C(=O)N[C@@H](CCCN=C(N)N)C(=O)NCC(=O)N1CCC[C@H]1C(=O)N[C@@H](Cc1ccccc1)C(=O)N1CCC[C@H]1C(=O)O. The molecule has 0 aliphatic carbocycles. The third-order valence-corrected chi connectivity index (χ3v) is 10.9. The van der Waals surface area contributed by atoms with Crippen molar-refractivity contribution in [1.82, 2.24) is 36.0 Å². The first-order chi connectivity index (χ1) is 28.1. The van der Waals surface area contributed by atoms with Gasteiger partial charge in [0.25, 0.3) is 0 Å². The van der Waals surface area contributed by atoms with Crippen LogP contribution in [0.15, 0.2) is 35.3 Å². The third-order valence-electron chi connectivity index (χ3n) is 10.9. The van der Waals surface area contributed by atoms with E-state index in [-0.39, 0.29) is 57.3 Å². The van der Waals surface area contributed by atoms with Crippen molar-refractivity contribution >= 4 is 53.3 Å². The summed E-state index contributed by atoms with van der Waals surface area (Å²) in [6.07, 6.45) is 3.04. The molecule has 0 unspecified atom stereocenters. The molecular formula is C39H59N11O9. The second-order valence-electron chi connectivity index (χ2n) is 15.4. The van der Waals surface area contributed by atoms with Crippen LogP contribution in [0.25, 0.3) is 0 Å². The first-order valence-corrected chi connectivity index (χ1v) is 20.2. The molecule has 3 saturated heterocycles. The van der Waals surface area contributed by atoms with E-state index in [0.717, 1.165) is 5.56 Å². The van der Waals surface area contributed by atoms with Gasteiger partial charge in [-0.3, -0.25) is 38.6 Å². The molecule has 20 heteroatoms. The fourth-order valence-electron chi connectivity index (χ4n) is 7.80. The summed E-state index contributed by atoms with van der Waals surface area (Å²) in [6, 6.07) is 2.91. The molecule has 0 aromatic heterocycles. The van der Waals surface area contributed by atoms with Crippen molar-refractivity contribution in [1.29, 1.82) is 0 Å². The number of likely N-dealkylation sites (tertiary alicyclic amines) is 3. The zero-order chi connectivity index (χ0) is 43.2. The average molecular weight is 826 g/mol. The molecule has 324 valence electrons. The van der Waals surface area contributed by atoms with Crippen molar-refractivity contribution in [3.63, 3.8) is 0 Å². The molecule has 7 amide bonds. The van der Waals surface area contributed by atoms with E-state index < -0.39 is 90.1 Å². The van der Waals surface area contributed by atoms with Crippen molar-refractivity contribution in [2.45, 2.75) is 108 Å². The highest BCUT2D eigenvalue weighted by Crippen LogP contribution is 2.22. The Bertz CT molecular complexity index is 1720. The van der Waals surface area contributed by atoms with Crippen LogP contribution in [-0.2, 0) is 44.8 Å². The van der Waals surface area contributed by atoms with Gasteiger partial charge >= 0.3 is 5.97 Å². The van der Waals surface area contributed by atoms with E-state index in [4.69, 9.17) is 17.2 Å². The lowest BCUT2D eigenvalue weighted by Gasteiger charge is -2.30. The lowest BCUT2D eigenvalue weighted by atomic mass is 10.0. The molecule has 3 aliphatic rings. The smallest absolute Gasteiger partial charge is 0.326 e. The van der Waals surface area contributed by atoms with E-state index >= 15 is 0 Å². The number of carboxylic acid groups (broad SMARTS) is 1. The largest absolute Gasteiger partial charge is 0.480 e. The number of rotatable bonds is 19. The van der Waals surface area contributed by atoms with Gasteiger partial charge in [-0.05, 0) is 62.8 Å². The molecule has 1 aromatic carbocycles. The predicted molar refractivity (Wildman–Crippen MR) is 215 cm³/mol. The second kappa shape index (κ2) is 21.8. The number of benzene rings is 1. The molecule has 6 atom stereocenters. The van der Waals surface area contributed by atoms with Crippen molar-refractivity contribution in [2.75, 3.05) is 39.3 Å². The van der Waals surface area contributed by atoms with Crippen LogP contribution >= 0.6 is 0 Å². The number of hydrogen-bond donors (Lipinski definition) is 8. The molecule has 0 bridgehead atoms. The Kier molecular flexibility index (Phi) is 17.0. The fourth-order valence-corrected chi connectivity index (χ4v) is 7.80. The van der Waals surface area contributed by atoms with Crippen molar-refractivity contribution in [2.24, 2.45) is 28.1 Å². The zero-order valence-electron chi connectivity index (χ0n) is 33.8. The summed E-state index contributed by atoms with van der Waals surface area (Å²) in [4.78, 5) is 114. The number of carbonyl (C=O) groups is 8. The zero-order valence-corrected chi connectivity index (χ0v) is 33.8. The van der Waals surface area contributed by atoms with Gasteiger partial charge < -0.3 is 58.3 Å². The average Bonchev–Trinajstić information content (AvgIpc) is 4.01. The Balaban J connectivity index is 1.42. The van der Waals surface area contributed by atoms with Gasteiger partial charge in [0.2, 0.25) is 41.4 Å². The summed E-state index contributed by atoms with van der Waals surface area (Å²) < 4.78 is 0. The highest BCUT2D eigenvalue weighted by molar-refractivity contribution is 5.97. The van der Waals surface area contributed by atoms with Gasteiger partial charge in [0.1, 0.15) is 36.3 Å². The number of carbonyl (C=O) groups excluding carboxylic acids is 7. The topological polar surface area (TPSA) is 305 Å². The molecular weight excluding hydrogens is 766 g/mol. The van der Waals surface area contributed by atoms with Crippen LogP contribution in [0.5, 0.6) is 0 Å². The molecule has 3 fully saturated rings. The first-order valence-electron chi connectivity index (χ1n) is 20.2. The predicted octanol–water partition coefficient (Wildman–Crippen LogP) is -2.47. The summed E-state index contributed by atoms with van der Waals surface area (Å²) in [5.41, 5.74) is 17.2. The van der Waals surface area contributed by atoms with Crippen LogP contribution in [0.3, 0.4) is 0 Å². The van der Waals surface area contributed by atoms with Gasteiger partial charge in [-0.1, -0.05) is 44.2 Å². The number of nitrogens with two attached hydrogens (primary N) is 3. The van der Waals surface area contributed by atoms with Crippen LogP contribution in [-0.4, -0.2) is 149 Å². The van der Waals surface area contributed by atoms with E-state index in [1.54, 1.807) is 38.1 Å². The minimum Gasteiger partial charge on any atom is -0.480 e. The maximum Gasteiger partial charge on any atom is 0.326 e. The van der Waals surface area contributed by atoms with E-state index in [1.807, 2.05) is 6.07 Å². The Labute approximate surface area is 343 Å². The molecule has 0 saturated carbocycles. The maximum absolute atomic E-state index is 13.8. The standard InChI is InChI=1S/C39H59N11O9/c1-23(2)32(47-35(55)28-14-7-17-48(28)30(51)21-40)36(56)45-25(12-6-16-43-39(41)42)33(53)44-22-31(52)49-18-8-13-27(49)34(54)46-26(20-24-10-4-3-5-11-24)37(57)50-19-9-15-29(50)38(58)59/h3-5,10-11,23,25-29,32H,6-9,12-22,40H2,1-2H3,(H,44,53)(H,45,56)(H,46,54)(H,47,55)(H,58,59)(H4,41,42,43)/t25-,26-,27-,28-,29-,32-/m0/s1. The van der Waals surface area contributed by atoms with E-state index in [0.29, 0.717) is 45.1 Å². The monoisotopic (exact) mass is 825 g/mol. The van der Waals surface area contributed by atoms with Crippen LogP contribution < -0.4 is 38.5 Å². The molecule has 3 aliphatic heterocycles. The Hall–Kier alpha value is -5.79. The van der Waals surface area contributed by atoms with Crippen LogP contribution in [0.2, 0.25) is 0 Å². The van der Waals surface area contributed by atoms with Crippen molar-refractivity contribution in [3.05, 3.63) is 35.9 Å². The molecule has 11 N–H and O–H groups in total. The maximum atomic E-state index is 13.8. The number of aliphatic carboxylic acids is 1. The highest BCUT2D eigenvalue weighted by atomic mass is 16.4. The number of carboxylic acids is 1. The van der Waals surface area contributed by atoms with Gasteiger partial charge in [-0.2, -0.15) is 0 Å². The lowest BCUT2D eigenvalue weighted by molar-refractivity contribution is -0.149. The molecule has 1 aromatic rings. The van der Waals surface area contributed by atoms with Gasteiger partial charge in [0.05, 0.1) is 13.1 Å².